The third kappa shape index (κ3) is 4.31. The van der Waals surface area contributed by atoms with Gasteiger partial charge in [0.15, 0.2) is 0 Å². The Morgan fingerprint density at radius 2 is 2.00 bits per heavy atom. The van der Waals surface area contributed by atoms with Crippen molar-refractivity contribution in [3.05, 3.63) is 23.8 Å². The largest absolute Gasteiger partial charge is 0.508 e. The van der Waals surface area contributed by atoms with E-state index in [0.717, 1.165) is 6.07 Å². The maximum absolute atomic E-state index is 12.1. The van der Waals surface area contributed by atoms with Gasteiger partial charge in [-0.05, 0) is 24.0 Å². The molecule has 0 saturated carbocycles. The van der Waals surface area contributed by atoms with Crippen LogP contribution < -0.4 is 5.32 Å². The highest BCUT2D eigenvalue weighted by Gasteiger charge is 2.26. The minimum atomic E-state index is -0.373. The quantitative estimate of drug-likeness (QED) is 0.745. The molecule has 0 aliphatic rings. The number of benzene rings is 1. The molecule has 0 aliphatic carbocycles. The van der Waals surface area contributed by atoms with Gasteiger partial charge in [0.25, 0.3) is 5.91 Å². The zero-order valence-corrected chi connectivity index (χ0v) is 12.2. The summed E-state index contributed by atoms with van der Waals surface area (Å²) in [6, 6.07) is 3.80. The van der Waals surface area contributed by atoms with Gasteiger partial charge in [-0.1, -0.05) is 20.8 Å². The number of phenols is 2. The minimum Gasteiger partial charge on any atom is -0.508 e. The van der Waals surface area contributed by atoms with Gasteiger partial charge < -0.3 is 15.5 Å². The van der Waals surface area contributed by atoms with E-state index in [1.54, 1.807) is 0 Å². The predicted octanol–water partition coefficient (Wildman–Crippen LogP) is 2.87. The lowest BCUT2D eigenvalue weighted by Crippen LogP contribution is -2.44. The first kappa shape index (κ1) is 15.6. The molecule has 0 aromatic heterocycles. The molecule has 4 nitrogen and oxygen atoms in total. The summed E-state index contributed by atoms with van der Waals surface area (Å²) < 4.78 is 0. The monoisotopic (exact) mass is 285 g/mol. The van der Waals surface area contributed by atoms with E-state index in [9.17, 15) is 15.0 Å². The van der Waals surface area contributed by atoms with Gasteiger partial charge in [-0.2, -0.15) is 0 Å². The molecule has 1 amide bonds. The number of aromatic hydroxyl groups is 2. The van der Waals surface area contributed by atoms with Crippen LogP contribution in [0.3, 0.4) is 0 Å². The molecule has 1 rings (SSSR count). The van der Waals surface area contributed by atoms with E-state index in [1.807, 2.05) is 20.8 Å². The highest BCUT2D eigenvalue weighted by molar-refractivity contribution is 6.17. The van der Waals surface area contributed by atoms with Gasteiger partial charge in [0, 0.05) is 18.0 Å². The van der Waals surface area contributed by atoms with Crippen LogP contribution in [0.2, 0.25) is 0 Å². The molecule has 1 unspecified atom stereocenters. The van der Waals surface area contributed by atoms with E-state index in [1.165, 1.54) is 12.1 Å². The second-order valence-corrected chi connectivity index (χ2v) is 5.95. The first-order valence-electron chi connectivity index (χ1n) is 6.14. The zero-order chi connectivity index (χ0) is 14.6. The van der Waals surface area contributed by atoms with Crippen LogP contribution in [0, 0.1) is 5.41 Å². The summed E-state index contributed by atoms with van der Waals surface area (Å²) in [5.74, 6) is -0.246. The first-order chi connectivity index (χ1) is 8.75. The van der Waals surface area contributed by atoms with Gasteiger partial charge in [-0.3, -0.25) is 4.79 Å². The Bertz CT molecular complexity index is 454. The number of carbonyl (C=O) groups excluding carboxylic acids is 1. The molecule has 0 radical (unpaired) electrons. The van der Waals surface area contributed by atoms with Crippen molar-refractivity contribution in [1.29, 1.82) is 0 Å². The predicted molar refractivity (Wildman–Crippen MR) is 75.8 cm³/mol. The zero-order valence-electron chi connectivity index (χ0n) is 11.4. The molecular formula is C14H20ClNO3. The molecule has 0 heterocycles. The summed E-state index contributed by atoms with van der Waals surface area (Å²) in [6.45, 7) is 6.05. The lowest BCUT2D eigenvalue weighted by Gasteiger charge is -2.31. The Kier molecular flexibility index (Phi) is 5.06. The van der Waals surface area contributed by atoms with Gasteiger partial charge in [0.1, 0.15) is 11.5 Å². The van der Waals surface area contributed by atoms with Crippen molar-refractivity contribution in [1.82, 2.24) is 5.32 Å². The Morgan fingerprint density at radius 3 is 2.47 bits per heavy atom. The maximum atomic E-state index is 12.1. The van der Waals surface area contributed by atoms with E-state index in [4.69, 9.17) is 11.6 Å². The first-order valence-corrected chi connectivity index (χ1v) is 6.68. The molecule has 0 saturated heterocycles. The van der Waals surface area contributed by atoms with Gasteiger partial charge >= 0.3 is 0 Å². The topological polar surface area (TPSA) is 69.6 Å². The average Bonchev–Trinajstić information content (AvgIpc) is 2.26. The van der Waals surface area contributed by atoms with E-state index in [2.05, 4.69) is 5.32 Å². The lowest BCUT2D eigenvalue weighted by atomic mass is 9.85. The number of phenolic OH excluding ortho intramolecular Hbond substituents is 2. The number of halogens is 1. The van der Waals surface area contributed by atoms with Crippen molar-refractivity contribution in [2.24, 2.45) is 5.41 Å². The van der Waals surface area contributed by atoms with Crippen LogP contribution in [-0.4, -0.2) is 28.0 Å². The molecule has 1 aromatic rings. The van der Waals surface area contributed by atoms with Crippen molar-refractivity contribution < 1.29 is 15.0 Å². The lowest BCUT2D eigenvalue weighted by molar-refractivity contribution is 0.0897. The van der Waals surface area contributed by atoms with Crippen LogP contribution >= 0.6 is 11.6 Å². The molecule has 0 aliphatic heterocycles. The molecule has 1 atom stereocenters. The van der Waals surface area contributed by atoms with Crippen molar-refractivity contribution in [2.45, 2.75) is 33.2 Å². The van der Waals surface area contributed by atoms with Crippen LogP contribution in [-0.2, 0) is 0 Å². The third-order valence-electron chi connectivity index (χ3n) is 2.97. The molecule has 3 N–H and O–H groups in total. The summed E-state index contributed by atoms with van der Waals surface area (Å²) in [5.41, 5.74) is 0.0125. The normalized spacial score (nSPS) is 13.1. The van der Waals surface area contributed by atoms with E-state index < -0.39 is 0 Å². The Hall–Kier alpha value is -1.42. The average molecular weight is 286 g/mol. The number of amides is 1. The van der Waals surface area contributed by atoms with Crippen molar-refractivity contribution >= 4 is 17.5 Å². The van der Waals surface area contributed by atoms with E-state index in [0.29, 0.717) is 12.3 Å². The number of rotatable bonds is 4. The van der Waals surface area contributed by atoms with Gasteiger partial charge in [0.2, 0.25) is 0 Å². The fourth-order valence-corrected chi connectivity index (χ4v) is 2.00. The molecule has 0 spiro atoms. The summed E-state index contributed by atoms with van der Waals surface area (Å²) in [6.07, 6.45) is 0.648. The fourth-order valence-electron chi connectivity index (χ4n) is 1.78. The number of hydrogen-bond acceptors (Lipinski definition) is 3. The van der Waals surface area contributed by atoms with Crippen LogP contribution in [0.25, 0.3) is 0 Å². The highest BCUT2D eigenvalue weighted by atomic mass is 35.5. The number of alkyl halides is 1. The Balaban J connectivity index is 2.88. The van der Waals surface area contributed by atoms with Crippen molar-refractivity contribution in [3.63, 3.8) is 0 Å². The summed E-state index contributed by atoms with van der Waals surface area (Å²) >= 11 is 5.75. The highest BCUT2D eigenvalue weighted by Crippen LogP contribution is 2.25. The fraction of sp³-hybridized carbons (Fsp3) is 0.500. The molecule has 0 fully saturated rings. The molecule has 5 heteroatoms. The summed E-state index contributed by atoms with van der Waals surface area (Å²) in [4.78, 5) is 12.1. The van der Waals surface area contributed by atoms with Gasteiger partial charge in [-0.25, -0.2) is 0 Å². The van der Waals surface area contributed by atoms with Gasteiger partial charge in [0.05, 0.1) is 5.56 Å². The number of hydrogen-bond donors (Lipinski definition) is 3. The smallest absolute Gasteiger partial charge is 0.255 e. The SMILES string of the molecule is CC(C)(C)C(CCCl)NC(=O)c1ccc(O)cc1O. The van der Waals surface area contributed by atoms with E-state index >= 15 is 0 Å². The molecule has 106 valence electrons. The van der Waals surface area contributed by atoms with Crippen molar-refractivity contribution in [3.8, 4) is 11.5 Å². The molecule has 1 aromatic carbocycles. The van der Waals surface area contributed by atoms with Crippen LogP contribution in [0.1, 0.15) is 37.6 Å². The molecule has 19 heavy (non-hydrogen) atoms. The van der Waals surface area contributed by atoms with Gasteiger partial charge in [-0.15, -0.1) is 11.6 Å². The van der Waals surface area contributed by atoms with Crippen LogP contribution in [0.15, 0.2) is 18.2 Å². The summed E-state index contributed by atoms with van der Waals surface area (Å²) in [7, 11) is 0. The summed E-state index contributed by atoms with van der Waals surface area (Å²) in [5, 5.41) is 21.7. The Labute approximate surface area is 118 Å². The van der Waals surface area contributed by atoms with Crippen LogP contribution in [0.4, 0.5) is 0 Å². The maximum Gasteiger partial charge on any atom is 0.255 e. The standard InChI is InChI=1S/C14H20ClNO3/c1-14(2,3)12(6-7-15)16-13(19)10-5-4-9(17)8-11(10)18/h4-5,8,12,17-18H,6-7H2,1-3H3,(H,16,19). The molecule has 0 bridgehead atoms. The van der Waals surface area contributed by atoms with Crippen LogP contribution in [0.5, 0.6) is 11.5 Å². The van der Waals surface area contributed by atoms with Crippen molar-refractivity contribution in [2.75, 3.05) is 5.88 Å². The third-order valence-corrected chi connectivity index (χ3v) is 3.19. The Morgan fingerprint density at radius 1 is 1.37 bits per heavy atom. The second-order valence-electron chi connectivity index (χ2n) is 5.57. The second kappa shape index (κ2) is 6.15. The minimum absolute atomic E-state index is 0.0813. The number of carbonyl (C=O) groups is 1. The molecular weight excluding hydrogens is 266 g/mol. The number of nitrogens with one attached hydrogen (secondary N) is 1. The van der Waals surface area contributed by atoms with E-state index in [-0.39, 0.29) is 34.4 Å².